The van der Waals surface area contributed by atoms with E-state index in [1.807, 2.05) is 0 Å². The molecular formula is C7HCl9N2O3. The van der Waals surface area contributed by atoms with Crippen molar-refractivity contribution in [2.24, 2.45) is 0 Å². The van der Waals surface area contributed by atoms with E-state index in [0.29, 0.717) is 0 Å². The number of nitrogens with zero attached hydrogens (tertiary/aromatic N) is 2. The van der Waals surface area contributed by atoms with Gasteiger partial charge in [-0.2, -0.15) is 9.97 Å². The van der Waals surface area contributed by atoms with E-state index in [9.17, 15) is 0 Å². The molecule has 0 atom stereocenters. The molecule has 1 rings (SSSR count). The van der Waals surface area contributed by atoms with E-state index in [-0.39, 0.29) is 11.8 Å². The van der Waals surface area contributed by atoms with Crippen molar-refractivity contribution in [3.63, 3.8) is 0 Å². The molecule has 21 heavy (non-hydrogen) atoms. The number of ether oxygens (including phenoxy) is 3. The van der Waals surface area contributed by atoms with Gasteiger partial charge in [-0.05, 0) is 104 Å². The molecule has 0 unspecified atom stereocenters. The standard InChI is InChI=1S/C7HCl9N2O3/c8-5(9,10)19-2-1-3(20-6(11,12)13)18-4(17-2)21-7(14,15)16/h1H. The first-order valence-electron chi connectivity index (χ1n) is 4.40. The molecule has 14 heteroatoms. The number of rotatable bonds is 3. The van der Waals surface area contributed by atoms with Crippen molar-refractivity contribution in [1.29, 1.82) is 0 Å². The largest absolute Gasteiger partial charge is 0.427 e. The van der Waals surface area contributed by atoms with Gasteiger partial charge in [0.05, 0.1) is 6.07 Å². The molecule has 0 aliphatic rings. The maximum absolute atomic E-state index is 5.45. The lowest BCUT2D eigenvalue weighted by atomic mass is 10.6. The lowest BCUT2D eigenvalue weighted by Gasteiger charge is -2.18. The molecule has 0 fully saturated rings. The van der Waals surface area contributed by atoms with Crippen LogP contribution < -0.4 is 14.2 Å². The van der Waals surface area contributed by atoms with Crippen molar-refractivity contribution in [3.05, 3.63) is 6.07 Å². The second kappa shape index (κ2) is 7.32. The van der Waals surface area contributed by atoms with Crippen LogP contribution in [0.4, 0.5) is 0 Å². The molecule has 1 aromatic rings. The van der Waals surface area contributed by atoms with E-state index in [0.717, 1.165) is 6.07 Å². The van der Waals surface area contributed by atoms with Crippen LogP contribution in [-0.2, 0) is 0 Å². The summed E-state index contributed by atoms with van der Waals surface area (Å²) < 4.78 is 8.00. The van der Waals surface area contributed by atoms with Gasteiger partial charge >= 0.3 is 17.9 Å². The maximum atomic E-state index is 5.45. The third-order valence-electron chi connectivity index (χ3n) is 1.31. The summed E-state index contributed by atoms with van der Waals surface area (Å²) in [6.45, 7) is 0. The lowest BCUT2D eigenvalue weighted by Crippen LogP contribution is -2.19. The Kier molecular flexibility index (Phi) is 7.02. The zero-order valence-corrected chi connectivity index (χ0v) is 15.9. The molecular weight excluding hydrogens is 479 g/mol. The Morgan fingerprint density at radius 2 is 0.952 bits per heavy atom. The smallest absolute Gasteiger partial charge is 0.341 e. The summed E-state index contributed by atoms with van der Waals surface area (Å²) in [6.07, 6.45) is 0. The van der Waals surface area contributed by atoms with Crippen LogP contribution in [0.25, 0.3) is 0 Å². The first kappa shape index (κ1) is 20.1. The first-order valence-corrected chi connectivity index (χ1v) is 7.80. The van der Waals surface area contributed by atoms with Gasteiger partial charge in [0, 0.05) is 0 Å². The van der Waals surface area contributed by atoms with Gasteiger partial charge in [-0.3, -0.25) is 0 Å². The summed E-state index contributed by atoms with van der Waals surface area (Å²) in [7, 11) is 0. The fourth-order valence-electron chi connectivity index (χ4n) is 0.875. The molecule has 0 aromatic carbocycles. The highest BCUT2D eigenvalue weighted by Crippen LogP contribution is 2.36. The summed E-state index contributed by atoms with van der Waals surface area (Å²) in [4.78, 5) is 7.33. The Labute approximate surface area is 163 Å². The lowest BCUT2D eigenvalue weighted by molar-refractivity contribution is 0.251. The molecule has 0 amide bonds. The van der Waals surface area contributed by atoms with E-state index in [2.05, 4.69) is 9.97 Å². The molecule has 0 aliphatic heterocycles. The predicted octanol–water partition coefficient (Wildman–Crippen LogP) is 5.60. The average molecular weight is 480 g/mol. The normalized spacial score (nSPS) is 13.0. The van der Waals surface area contributed by atoms with Gasteiger partial charge in [-0.15, -0.1) is 0 Å². The minimum atomic E-state index is -2.17. The highest BCUT2D eigenvalue weighted by atomic mass is 35.6. The zero-order valence-electron chi connectivity index (χ0n) is 9.10. The van der Waals surface area contributed by atoms with Crippen molar-refractivity contribution in [2.75, 3.05) is 0 Å². The SMILES string of the molecule is ClC(Cl)(Cl)Oc1cc(OC(Cl)(Cl)Cl)nc(OC(Cl)(Cl)Cl)n1. The molecule has 0 N–H and O–H groups in total. The Balaban J connectivity index is 3.13. The van der Waals surface area contributed by atoms with E-state index in [4.69, 9.17) is 119 Å². The number of halogens is 9. The molecule has 0 spiro atoms. The van der Waals surface area contributed by atoms with Gasteiger partial charge in [0.25, 0.3) is 0 Å². The van der Waals surface area contributed by atoms with E-state index < -0.39 is 17.9 Å². The van der Waals surface area contributed by atoms with Crippen molar-refractivity contribution in [3.8, 4) is 17.8 Å². The van der Waals surface area contributed by atoms with Gasteiger partial charge in [-0.25, -0.2) is 0 Å². The fourth-order valence-corrected chi connectivity index (χ4v) is 1.56. The topological polar surface area (TPSA) is 53.5 Å². The van der Waals surface area contributed by atoms with Gasteiger partial charge < -0.3 is 14.2 Å². The van der Waals surface area contributed by atoms with Gasteiger partial charge in [0.15, 0.2) is 0 Å². The number of hydrogen-bond acceptors (Lipinski definition) is 5. The Morgan fingerprint density at radius 3 is 1.24 bits per heavy atom. The maximum Gasteiger partial charge on any atom is 0.341 e. The summed E-state index contributed by atoms with van der Waals surface area (Å²) in [5.41, 5.74) is 0. The van der Waals surface area contributed by atoms with Gasteiger partial charge in [-0.1, -0.05) is 0 Å². The molecule has 0 saturated heterocycles. The molecule has 0 aliphatic carbocycles. The van der Waals surface area contributed by atoms with Crippen LogP contribution in [0.5, 0.6) is 17.8 Å². The van der Waals surface area contributed by atoms with Crippen molar-refractivity contribution < 1.29 is 14.2 Å². The summed E-state index contributed by atoms with van der Waals surface area (Å²) in [5, 5.41) is 0. The van der Waals surface area contributed by atoms with Crippen LogP contribution in [0.2, 0.25) is 0 Å². The summed E-state index contributed by atoms with van der Waals surface area (Å²) >= 11 is 49.0. The quantitative estimate of drug-likeness (QED) is 0.528. The van der Waals surface area contributed by atoms with Crippen LogP contribution in [0.15, 0.2) is 6.07 Å². The van der Waals surface area contributed by atoms with Crippen molar-refractivity contribution in [1.82, 2.24) is 9.97 Å². The van der Waals surface area contributed by atoms with Crippen LogP contribution in [0.3, 0.4) is 0 Å². The predicted molar refractivity (Wildman–Crippen MR) is 84.8 cm³/mol. The number of alkyl halides is 9. The third kappa shape index (κ3) is 9.74. The summed E-state index contributed by atoms with van der Waals surface area (Å²) in [5.74, 6) is -0.614. The molecule has 0 saturated carbocycles. The second-order valence-electron chi connectivity index (χ2n) is 2.97. The Bertz CT molecular complexity index is 412. The first-order chi connectivity index (χ1) is 9.23. The fraction of sp³-hybridized carbons (Fsp3) is 0.429. The van der Waals surface area contributed by atoms with Crippen molar-refractivity contribution >= 4 is 104 Å². The average Bonchev–Trinajstić information content (AvgIpc) is 2.06. The van der Waals surface area contributed by atoms with Crippen LogP contribution >= 0.6 is 104 Å². The number of hydrogen-bond donors (Lipinski definition) is 0. The zero-order chi connectivity index (χ0) is 16.5. The molecule has 0 bridgehead atoms. The van der Waals surface area contributed by atoms with E-state index in [1.165, 1.54) is 0 Å². The van der Waals surface area contributed by atoms with Gasteiger partial charge in [0.2, 0.25) is 11.8 Å². The molecule has 1 aromatic heterocycles. The number of aromatic nitrogens is 2. The minimum absolute atomic E-state index is 0.307. The molecule has 120 valence electrons. The Morgan fingerprint density at radius 1 is 0.619 bits per heavy atom. The minimum Gasteiger partial charge on any atom is -0.427 e. The molecule has 5 nitrogen and oxygen atoms in total. The third-order valence-corrected chi connectivity index (χ3v) is 2.00. The van der Waals surface area contributed by atoms with Crippen molar-refractivity contribution in [2.45, 2.75) is 11.9 Å². The van der Waals surface area contributed by atoms with E-state index >= 15 is 0 Å². The monoisotopic (exact) mass is 476 g/mol. The second-order valence-corrected chi connectivity index (χ2v) is 9.50. The molecule has 0 radical (unpaired) electrons. The Hall–Kier alpha value is 1.09. The summed E-state index contributed by atoms with van der Waals surface area (Å²) in [6, 6.07) is 0.556. The highest BCUT2D eigenvalue weighted by molar-refractivity contribution is 6.67. The van der Waals surface area contributed by atoms with E-state index in [1.54, 1.807) is 0 Å². The van der Waals surface area contributed by atoms with Crippen LogP contribution in [-0.4, -0.2) is 21.9 Å². The van der Waals surface area contributed by atoms with Gasteiger partial charge in [0.1, 0.15) is 0 Å². The van der Waals surface area contributed by atoms with Crippen LogP contribution in [0, 0.1) is 0 Å². The molecule has 1 heterocycles. The highest BCUT2D eigenvalue weighted by Gasteiger charge is 2.29. The van der Waals surface area contributed by atoms with Crippen LogP contribution in [0.1, 0.15) is 0 Å².